The third-order valence-corrected chi connectivity index (χ3v) is 4.58. The average Bonchev–Trinajstić information content (AvgIpc) is 3.14. The number of nitrogens with zero attached hydrogens (tertiary/aromatic N) is 4. The Morgan fingerprint density at radius 3 is 3.00 bits per heavy atom. The zero-order valence-corrected chi connectivity index (χ0v) is 12.3. The van der Waals surface area contributed by atoms with Gasteiger partial charge in [0.25, 0.3) is 5.91 Å². The second-order valence-corrected chi connectivity index (χ2v) is 5.99. The number of piperidine rings is 1. The molecule has 7 nitrogen and oxygen atoms in total. The summed E-state index contributed by atoms with van der Waals surface area (Å²) in [6.45, 7) is 4.88. The van der Waals surface area contributed by atoms with Gasteiger partial charge in [-0.05, 0) is 25.7 Å². The smallest absolute Gasteiger partial charge is 0.291 e. The summed E-state index contributed by atoms with van der Waals surface area (Å²) >= 11 is 0. The van der Waals surface area contributed by atoms with Crippen LogP contribution in [0.2, 0.25) is 0 Å². The Kier molecular flexibility index (Phi) is 3.65. The minimum Gasteiger partial charge on any atom is -0.342 e. The highest BCUT2D eigenvalue weighted by Crippen LogP contribution is 2.40. The molecule has 0 unspecified atom stereocenters. The van der Waals surface area contributed by atoms with Crippen molar-refractivity contribution in [3.8, 4) is 0 Å². The van der Waals surface area contributed by atoms with Crippen molar-refractivity contribution in [1.29, 1.82) is 0 Å². The van der Waals surface area contributed by atoms with Gasteiger partial charge in [-0.2, -0.15) is 5.10 Å². The molecule has 21 heavy (non-hydrogen) atoms. The number of hydrogen-bond donors (Lipinski definition) is 1. The highest BCUT2D eigenvalue weighted by Gasteiger charge is 2.49. The van der Waals surface area contributed by atoms with E-state index in [0.717, 1.165) is 38.8 Å². The van der Waals surface area contributed by atoms with Gasteiger partial charge in [0.15, 0.2) is 0 Å². The van der Waals surface area contributed by atoms with E-state index in [2.05, 4.69) is 22.1 Å². The van der Waals surface area contributed by atoms with E-state index in [4.69, 9.17) is 0 Å². The number of H-pyrrole nitrogens is 1. The lowest BCUT2D eigenvalue weighted by Gasteiger charge is -2.39. The maximum Gasteiger partial charge on any atom is 0.291 e. The molecule has 2 fully saturated rings. The fourth-order valence-corrected chi connectivity index (χ4v) is 3.52. The first-order valence-corrected chi connectivity index (χ1v) is 7.60. The first kappa shape index (κ1) is 14.0. The van der Waals surface area contributed by atoms with Crippen molar-refractivity contribution in [2.75, 3.05) is 26.2 Å². The summed E-state index contributed by atoms with van der Waals surface area (Å²) in [5, 5.41) is 6.31. The van der Waals surface area contributed by atoms with Crippen molar-refractivity contribution >= 4 is 11.8 Å². The molecular formula is C14H21N5O2. The molecule has 2 amide bonds. The number of likely N-dealkylation sites (tertiary alicyclic amines) is 2. The molecule has 114 valence electrons. The predicted octanol–water partition coefficient (Wildman–Crippen LogP) is 0.669. The molecule has 0 saturated carbocycles. The number of nitrogens with one attached hydrogen (secondary N) is 1. The summed E-state index contributed by atoms with van der Waals surface area (Å²) in [5.41, 5.74) is -0.372. The van der Waals surface area contributed by atoms with Gasteiger partial charge in [0, 0.05) is 26.2 Å². The molecule has 0 aliphatic carbocycles. The minimum atomic E-state index is -0.372. The number of rotatable bonds is 3. The van der Waals surface area contributed by atoms with Gasteiger partial charge in [0.1, 0.15) is 6.33 Å². The molecular weight excluding hydrogens is 270 g/mol. The molecule has 3 heterocycles. The van der Waals surface area contributed by atoms with E-state index in [9.17, 15) is 9.59 Å². The van der Waals surface area contributed by atoms with Crippen molar-refractivity contribution in [2.45, 2.75) is 32.6 Å². The Labute approximate surface area is 123 Å². The number of aromatic amines is 1. The zero-order chi connectivity index (χ0) is 14.9. The van der Waals surface area contributed by atoms with Gasteiger partial charge in [-0.3, -0.25) is 14.7 Å². The molecule has 3 rings (SSSR count). The average molecular weight is 291 g/mol. The van der Waals surface area contributed by atoms with Gasteiger partial charge in [-0.25, -0.2) is 4.98 Å². The van der Waals surface area contributed by atoms with Gasteiger partial charge in [0.2, 0.25) is 11.7 Å². The number of carbonyl (C=O) groups excluding carboxylic acids is 2. The van der Waals surface area contributed by atoms with Crippen LogP contribution in [0.3, 0.4) is 0 Å². The lowest BCUT2D eigenvalue weighted by atomic mass is 9.78. The van der Waals surface area contributed by atoms with Crippen molar-refractivity contribution in [2.24, 2.45) is 5.41 Å². The third-order valence-electron chi connectivity index (χ3n) is 4.58. The maximum absolute atomic E-state index is 12.7. The molecule has 2 aliphatic heterocycles. The number of carbonyl (C=O) groups is 2. The van der Waals surface area contributed by atoms with E-state index in [1.165, 1.54) is 6.33 Å². The van der Waals surface area contributed by atoms with Crippen molar-refractivity contribution in [1.82, 2.24) is 25.0 Å². The summed E-state index contributed by atoms with van der Waals surface area (Å²) in [7, 11) is 0. The summed E-state index contributed by atoms with van der Waals surface area (Å²) in [6.07, 6.45) is 4.96. The van der Waals surface area contributed by atoms with E-state index in [1.807, 2.05) is 4.90 Å². The second kappa shape index (κ2) is 5.46. The Morgan fingerprint density at radius 1 is 1.43 bits per heavy atom. The van der Waals surface area contributed by atoms with Crippen LogP contribution in [-0.2, 0) is 4.79 Å². The van der Waals surface area contributed by atoms with Crippen molar-refractivity contribution in [3.63, 3.8) is 0 Å². The SMILES string of the molecule is CCCN1CCC[C@]2(CCN(C(=O)c3ncn[nH]3)C2)C1=O. The topological polar surface area (TPSA) is 82.2 Å². The molecule has 0 aromatic carbocycles. The summed E-state index contributed by atoms with van der Waals surface area (Å²) in [4.78, 5) is 32.7. The van der Waals surface area contributed by atoms with Gasteiger partial charge in [0.05, 0.1) is 5.41 Å². The van der Waals surface area contributed by atoms with E-state index in [0.29, 0.717) is 13.1 Å². The standard InChI is InChI=1S/C14H21N5O2/c1-2-6-18-7-3-4-14(13(18)21)5-8-19(9-14)12(20)11-15-10-16-17-11/h10H,2-9H2,1H3,(H,15,16,17)/t14-/m1/s1. The quantitative estimate of drug-likeness (QED) is 0.887. The molecule has 7 heteroatoms. The molecule has 1 aromatic heterocycles. The number of hydrogen-bond acceptors (Lipinski definition) is 4. The van der Waals surface area contributed by atoms with Crippen LogP contribution in [0.5, 0.6) is 0 Å². The number of amides is 2. The highest BCUT2D eigenvalue weighted by atomic mass is 16.2. The molecule has 1 atom stereocenters. The summed E-state index contributed by atoms with van der Waals surface area (Å²) in [6, 6.07) is 0. The molecule has 0 radical (unpaired) electrons. The van der Waals surface area contributed by atoms with Crippen LogP contribution < -0.4 is 0 Å². The molecule has 0 bridgehead atoms. The van der Waals surface area contributed by atoms with E-state index in [1.54, 1.807) is 4.90 Å². The largest absolute Gasteiger partial charge is 0.342 e. The number of aromatic nitrogens is 3. The molecule has 2 saturated heterocycles. The van der Waals surface area contributed by atoms with Gasteiger partial charge < -0.3 is 9.80 Å². The lowest BCUT2D eigenvalue weighted by Crippen LogP contribution is -2.50. The first-order valence-electron chi connectivity index (χ1n) is 7.60. The van der Waals surface area contributed by atoms with Crippen LogP contribution in [0.1, 0.15) is 43.2 Å². The van der Waals surface area contributed by atoms with Gasteiger partial charge in [-0.1, -0.05) is 6.92 Å². The molecule has 1 aromatic rings. The first-order chi connectivity index (χ1) is 10.2. The molecule has 1 spiro atoms. The van der Waals surface area contributed by atoms with E-state index < -0.39 is 0 Å². The molecule has 1 N–H and O–H groups in total. The van der Waals surface area contributed by atoms with Crippen LogP contribution in [-0.4, -0.2) is 63.0 Å². The minimum absolute atomic E-state index is 0.162. The predicted molar refractivity (Wildman–Crippen MR) is 75.4 cm³/mol. The van der Waals surface area contributed by atoms with Gasteiger partial charge in [-0.15, -0.1) is 0 Å². The second-order valence-electron chi connectivity index (χ2n) is 5.99. The van der Waals surface area contributed by atoms with E-state index >= 15 is 0 Å². The van der Waals surface area contributed by atoms with Crippen LogP contribution in [0.25, 0.3) is 0 Å². The van der Waals surface area contributed by atoms with E-state index in [-0.39, 0.29) is 23.1 Å². The monoisotopic (exact) mass is 291 g/mol. The highest BCUT2D eigenvalue weighted by molar-refractivity contribution is 5.92. The Morgan fingerprint density at radius 2 is 2.29 bits per heavy atom. The van der Waals surface area contributed by atoms with Crippen molar-refractivity contribution < 1.29 is 9.59 Å². The fourth-order valence-electron chi connectivity index (χ4n) is 3.52. The van der Waals surface area contributed by atoms with Crippen LogP contribution >= 0.6 is 0 Å². The lowest BCUT2D eigenvalue weighted by molar-refractivity contribution is -0.145. The van der Waals surface area contributed by atoms with Crippen LogP contribution in [0.15, 0.2) is 6.33 Å². The van der Waals surface area contributed by atoms with Gasteiger partial charge >= 0.3 is 0 Å². The zero-order valence-electron chi connectivity index (χ0n) is 12.3. The third kappa shape index (κ3) is 2.41. The normalized spacial score (nSPS) is 25.9. The Balaban J connectivity index is 1.73. The summed E-state index contributed by atoms with van der Waals surface area (Å²) < 4.78 is 0. The van der Waals surface area contributed by atoms with Crippen LogP contribution in [0, 0.1) is 5.41 Å². The Hall–Kier alpha value is -1.92. The van der Waals surface area contributed by atoms with Crippen molar-refractivity contribution in [3.05, 3.63) is 12.2 Å². The maximum atomic E-state index is 12.7. The fraction of sp³-hybridized carbons (Fsp3) is 0.714. The van der Waals surface area contributed by atoms with Crippen LogP contribution in [0.4, 0.5) is 0 Å². The Bertz CT molecular complexity index is 527. The molecule has 2 aliphatic rings. The summed E-state index contributed by atoms with van der Waals surface area (Å²) in [5.74, 6) is 0.314.